The fraction of sp³-hybridized carbons (Fsp3) is 0.233. The summed E-state index contributed by atoms with van der Waals surface area (Å²) in [5.41, 5.74) is 4.27. The third-order valence-electron chi connectivity index (χ3n) is 6.57. The molecule has 42 heavy (non-hydrogen) atoms. The number of rotatable bonds is 12. The lowest BCUT2D eigenvalue weighted by molar-refractivity contribution is 0.0600. The Labute approximate surface area is 247 Å². The Morgan fingerprint density at radius 3 is 2.57 bits per heavy atom. The zero-order valence-electron chi connectivity index (χ0n) is 23.3. The minimum Gasteiger partial charge on any atom is -0.465 e. The van der Waals surface area contributed by atoms with Crippen molar-refractivity contribution in [3.8, 4) is 11.4 Å². The maximum atomic E-state index is 13.1. The lowest BCUT2D eigenvalue weighted by Crippen LogP contribution is -2.13. The maximum absolute atomic E-state index is 13.1. The highest BCUT2D eigenvalue weighted by Crippen LogP contribution is 2.25. The number of carbonyl (C=O) groups is 2. The fourth-order valence-corrected chi connectivity index (χ4v) is 5.28. The van der Waals surface area contributed by atoms with Crippen molar-refractivity contribution in [2.75, 3.05) is 12.4 Å². The number of aromatic nitrogens is 7. The molecule has 0 saturated carbocycles. The van der Waals surface area contributed by atoms with E-state index in [1.807, 2.05) is 48.5 Å². The van der Waals surface area contributed by atoms with Crippen LogP contribution >= 0.6 is 11.8 Å². The molecule has 11 nitrogen and oxygen atoms in total. The molecule has 0 aliphatic rings. The maximum Gasteiger partial charge on any atom is 0.337 e. The summed E-state index contributed by atoms with van der Waals surface area (Å²) in [6.45, 7) is 2.74. The van der Waals surface area contributed by atoms with Crippen LogP contribution in [0.3, 0.4) is 0 Å². The summed E-state index contributed by atoms with van der Waals surface area (Å²) in [5.74, 6) is 1.29. The molecule has 0 aliphatic carbocycles. The molecule has 0 spiro atoms. The number of aromatic amines is 1. The van der Waals surface area contributed by atoms with Gasteiger partial charge in [0.2, 0.25) is 5.82 Å². The number of nitrogens with one attached hydrogen (secondary N) is 2. The van der Waals surface area contributed by atoms with E-state index in [0.29, 0.717) is 40.5 Å². The van der Waals surface area contributed by atoms with Gasteiger partial charge in [0.15, 0.2) is 5.16 Å². The molecule has 0 bridgehead atoms. The van der Waals surface area contributed by atoms with Crippen LogP contribution in [-0.4, -0.2) is 54.4 Å². The van der Waals surface area contributed by atoms with Crippen molar-refractivity contribution in [1.82, 2.24) is 35.4 Å². The summed E-state index contributed by atoms with van der Waals surface area (Å²) in [7, 11) is 1.38. The van der Waals surface area contributed by atoms with Gasteiger partial charge in [-0.1, -0.05) is 67.6 Å². The average Bonchev–Trinajstić information content (AvgIpc) is 3.70. The Morgan fingerprint density at radius 2 is 1.81 bits per heavy atom. The van der Waals surface area contributed by atoms with Gasteiger partial charge >= 0.3 is 5.97 Å². The van der Waals surface area contributed by atoms with Gasteiger partial charge in [-0.25, -0.2) is 4.79 Å². The zero-order valence-corrected chi connectivity index (χ0v) is 24.1. The van der Waals surface area contributed by atoms with E-state index < -0.39 is 0 Å². The topological polar surface area (TPSA) is 141 Å². The minimum absolute atomic E-state index is 0.265. The van der Waals surface area contributed by atoms with Crippen LogP contribution in [0.25, 0.3) is 11.4 Å². The number of esters is 1. The molecule has 1 amide bonds. The van der Waals surface area contributed by atoms with E-state index in [4.69, 9.17) is 4.74 Å². The molecule has 2 N–H and O–H groups in total. The predicted molar refractivity (Wildman–Crippen MR) is 159 cm³/mol. The summed E-state index contributed by atoms with van der Waals surface area (Å²) in [5, 5.41) is 26.8. The van der Waals surface area contributed by atoms with Gasteiger partial charge in [0, 0.05) is 23.4 Å². The van der Waals surface area contributed by atoms with E-state index in [1.54, 1.807) is 36.0 Å². The molecule has 5 aromatic rings. The molecular weight excluding hydrogens is 552 g/mol. The van der Waals surface area contributed by atoms with Crippen molar-refractivity contribution in [3.05, 3.63) is 101 Å². The van der Waals surface area contributed by atoms with Crippen LogP contribution in [0.1, 0.15) is 57.4 Å². The highest BCUT2D eigenvalue weighted by atomic mass is 32.2. The molecule has 0 radical (unpaired) electrons. The first-order chi connectivity index (χ1) is 20.6. The number of anilines is 1. The number of hydrogen-bond donors (Lipinski definition) is 2. The number of tetrazole rings is 1. The number of aryl methyl sites for hydroxylation is 1. The summed E-state index contributed by atoms with van der Waals surface area (Å²) >= 11 is 1.57. The number of amides is 1. The summed E-state index contributed by atoms with van der Waals surface area (Å²) in [4.78, 5) is 25.0. The number of benzene rings is 3. The molecule has 5 rings (SSSR count). The largest absolute Gasteiger partial charge is 0.465 e. The van der Waals surface area contributed by atoms with Crippen molar-refractivity contribution in [2.45, 2.75) is 43.6 Å². The van der Waals surface area contributed by atoms with E-state index in [9.17, 15) is 9.59 Å². The van der Waals surface area contributed by atoms with Gasteiger partial charge in [-0.3, -0.25) is 4.79 Å². The molecule has 2 heterocycles. The van der Waals surface area contributed by atoms with Gasteiger partial charge < -0.3 is 14.6 Å². The number of H-pyrrole nitrogens is 1. The molecule has 0 aliphatic heterocycles. The molecule has 12 heteroatoms. The summed E-state index contributed by atoms with van der Waals surface area (Å²) in [6, 6.07) is 22.3. The first-order valence-electron chi connectivity index (χ1n) is 13.5. The third-order valence-corrected chi connectivity index (χ3v) is 7.61. The van der Waals surface area contributed by atoms with Crippen LogP contribution < -0.4 is 5.32 Å². The molecule has 214 valence electrons. The molecule has 3 aromatic carbocycles. The molecule has 0 atom stereocenters. The number of carbonyl (C=O) groups excluding carboxylic acids is 2. The van der Waals surface area contributed by atoms with Gasteiger partial charge in [0.05, 0.1) is 24.8 Å². The van der Waals surface area contributed by atoms with E-state index in [-0.39, 0.29) is 11.9 Å². The summed E-state index contributed by atoms with van der Waals surface area (Å²) in [6.07, 6.45) is 2.90. The molecule has 0 saturated heterocycles. The second kappa shape index (κ2) is 13.7. The second-order valence-electron chi connectivity index (χ2n) is 9.50. The Balaban J connectivity index is 1.29. The highest BCUT2D eigenvalue weighted by molar-refractivity contribution is 7.98. The Bertz CT molecular complexity index is 1650. The number of unbranched alkanes of at least 4 members (excludes halogenated alkanes) is 1. The molecule has 2 aromatic heterocycles. The van der Waals surface area contributed by atoms with Crippen LogP contribution in [0, 0.1) is 0 Å². The van der Waals surface area contributed by atoms with Gasteiger partial charge in [-0.15, -0.1) is 20.4 Å². The zero-order chi connectivity index (χ0) is 29.3. The second-order valence-corrected chi connectivity index (χ2v) is 10.4. The lowest BCUT2D eigenvalue weighted by Gasteiger charge is -2.12. The normalized spacial score (nSPS) is 10.9. The van der Waals surface area contributed by atoms with Crippen LogP contribution in [0.15, 0.2) is 78.0 Å². The third kappa shape index (κ3) is 6.89. The van der Waals surface area contributed by atoms with Crippen LogP contribution in [0.2, 0.25) is 0 Å². The van der Waals surface area contributed by atoms with Gasteiger partial charge in [0.1, 0.15) is 5.82 Å². The lowest BCUT2D eigenvalue weighted by atomic mass is 10.1. The van der Waals surface area contributed by atoms with Crippen LogP contribution in [-0.2, 0) is 23.5 Å². The average molecular weight is 583 g/mol. The van der Waals surface area contributed by atoms with Crippen molar-refractivity contribution >= 4 is 29.3 Å². The Hall–Kier alpha value is -4.84. The number of thioether (sulfide) groups is 1. The molecule has 0 unspecified atom stereocenters. The number of ether oxygens (including phenoxy) is 1. The Kier molecular flexibility index (Phi) is 9.34. The first kappa shape index (κ1) is 28.7. The number of methoxy groups -OCH3 is 1. The standard InChI is InChI=1S/C30H30N8O3S/c1-3-4-12-26-32-35-30(42-19-21-8-7-9-22(17-21)29(40)41-2)38(26)18-20-13-15-23(16-14-20)31-28(39)25-11-6-5-10-24(25)27-33-36-37-34-27/h5-11,13-17H,3-4,12,18-19H2,1-2H3,(H,31,39)(H,33,34,36,37). The highest BCUT2D eigenvalue weighted by Gasteiger charge is 2.17. The number of hydrogen-bond acceptors (Lipinski definition) is 9. The Morgan fingerprint density at radius 1 is 0.976 bits per heavy atom. The SMILES string of the molecule is CCCCc1nnc(SCc2cccc(C(=O)OC)c2)n1Cc1ccc(NC(=O)c2ccccc2-c2nn[nH]n2)cc1. The first-order valence-corrected chi connectivity index (χ1v) is 14.5. The van der Waals surface area contributed by atoms with Gasteiger partial charge in [-0.05, 0) is 53.1 Å². The summed E-state index contributed by atoms with van der Waals surface area (Å²) < 4.78 is 6.99. The van der Waals surface area contributed by atoms with Crippen molar-refractivity contribution in [1.29, 1.82) is 0 Å². The van der Waals surface area contributed by atoms with Crippen LogP contribution in [0.5, 0.6) is 0 Å². The predicted octanol–water partition coefficient (Wildman–Crippen LogP) is 5.18. The van der Waals surface area contributed by atoms with Gasteiger partial charge in [-0.2, -0.15) is 5.21 Å². The molecule has 0 fully saturated rings. The smallest absolute Gasteiger partial charge is 0.337 e. The quantitative estimate of drug-likeness (QED) is 0.150. The monoisotopic (exact) mass is 582 g/mol. The van der Waals surface area contributed by atoms with Crippen LogP contribution in [0.4, 0.5) is 5.69 Å². The van der Waals surface area contributed by atoms with Crippen molar-refractivity contribution in [3.63, 3.8) is 0 Å². The fourth-order valence-electron chi connectivity index (χ4n) is 4.38. The van der Waals surface area contributed by atoms with E-state index in [1.165, 1.54) is 7.11 Å². The molecular formula is C30H30N8O3S. The van der Waals surface area contributed by atoms with Crippen molar-refractivity contribution < 1.29 is 14.3 Å². The van der Waals surface area contributed by atoms with E-state index >= 15 is 0 Å². The van der Waals surface area contributed by atoms with Gasteiger partial charge in [0.25, 0.3) is 5.91 Å². The minimum atomic E-state index is -0.359. The number of nitrogens with zero attached hydrogens (tertiary/aromatic N) is 6. The van der Waals surface area contributed by atoms with E-state index in [2.05, 4.69) is 47.6 Å². The van der Waals surface area contributed by atoms with Crippen molar-refractivity contribution in [2.24, 2.45) is 0 Å². The van der Waals surface area contributed by atoms with E-state index in [0.717, 1.165) is 41.4 Å².